The van der Waals surface area contributed by atoms with E-state index in [1.54, 1.807) is 6.92 Å². The smallest absolute Gasteiger partial charge is 0.260 e. The molecule has 0 saturated carbocycles. The molecule has 2 rings (SSSR count). The highest BCUT2D eigenvalue weighted by molar-refractivity contribution is 7.89. The summed E-state index contributed by atoms with van der Waals surface area (Å²) in [6, 6.07) is -0.123. The molecule has 20 heavy (non-hydrogen) atoms. The first-order chi connectivity index (χ1) is 9.45. The Labute approximate surface area is 120 Å². The van der Waals surface area contributed by atoms with Gasteiger partial charge in [0, 0.05) is 19.0 Å². The molecule has 0 amide bonds. The number of aromatic nitrogens is 2. The highest BCUT2D eigenvalue weighted by Gasteiger charge is 2.35. The van der Waals surface area contributed by atoms with Crippen molar-refractivity contribution in [2.75, 3.05) is 6.54 Å². The van der Waals surface area contributed by atoms with Gasteiger partial charge in [-0.3, -0.25) is 0 Å². The zero-order valence-electron chi connectivity index (χ0n) is 12.0. The van der Waals surface area contributed by atoms with Crippen molar-refractivity contribution in [3.8, 4) is 0 Å². The summed E-state index contributed by atoms with van der Waals surface area (Å²) in [5.41, 5.74) is 0. The van der Waals surface area contributed by atoms with Crippen LogP contribution < -0.4 is 0 Å². The van der Waals surface area contributed by atoms with Gasteiger partial charge in [-0.1, -0.05) is 13.3 Å². The van der Waals surface area contributed by atoms with Crippen molar-refractivity contribution >= 4 is 10.0 Å². The first-order valence-corrected chi connectivity index (χ1v) is 8.63. The highest BCUT2D eigenvalue weighted by atomic mass is 32.2. The Kier molecular flexibility index (Phi) is 4.82. The fraction of sp³-hybridized carbons (Fsp3) is 0.769. The topological polar surface area (TPSA) is 86.3 Å². The van der Waals surface area contributed by atoms with Crippen LogP contribution in [0.15, 0.2) is 11.2 Å². The van der Waals surface area contributed by atoms with E-state index in [-0.39, 0.29) is 11.1 Å². The largest absolute Gasteiger partial charge is 0.393 e. The Bertz CT molecular complexity index is 539. The maximum Gasteiger partial charge on any atom is 0.260 e. The Morgan fingerprint density at radius 2 is 2.30 bits per heavy atom. The molecule has 7 heteroatoms. The predicted octanol–water partition coefficient (Wildman–Crippen LogP) is 1.29. The summed E-state index contributed by atoms with van der Waals surface area (Å²) in [5.74, 6) is 0.674. The van der Waals surface area contributed by atoms with Crippen LogP contribution in [0.2, 0.25) is 0 Å². The van der Waals surface area contributed by atoms with Gasteiger partial charge in [0.1, 0.15) is 5.82 Å². The maximum absolute atomic E-state index is 12.7. The summed E-state index contributed by atoms with van der Waals surface area (Å²) < 4.78 is 26.9. The lowest BCUT2D eigenvalue weighted by Gasteiger charge is -2.34. The second kappa shape index (κ2) is 6.24. The van der Waals surface area contributed by atoms with E-state index in [1.807, 2.05) is 6.92 Å². The number of rotatable bonds is 5. The molecule has 2 N–H and O–H groups in total. The number of nitrogens with zero attached hydrogens (tertiary/aromatic N) is 2. The van der Waals surface area contributed by atoms with Crippen LogP contribution in [0.25, 0.3) is 0 Å². The lowest BCUT2D eigenvalue weighted by molar-refractivity contribution is 0.131. The first-order valence-electron chi connectivity index (χ1n) is 7.19. The monoisotopic (exact) mass is 301 g/mol. The van der Waals surface area contributed by atoms with Crippen molar-refractivity contribution in [2.45, 2.75) is 63.1 Å². The van der Waals surface area contributed by atoms with E-state index in [0.717, 1.165) is 19.3 Å². The van der Waals surface area contributed by atoms with Crippen LogP contribution in [0.5, 0.6) is 0 Å². The van der Waals surface area contributed by atoms with Crippen molar-refractivity contribution in [3.05, 3.63) is 12.0 Å². The Balaban J connectivity index is 2.25. The number of aliphatic hydroxyl groups is 1. The molecule has 0 radical (unpaired) electrons. The molecule has 1 aliphatic rings. The number of imidazole rings is 1. The van der Waals surface area contributed by atoms with Crippen LogP contribution in [0.3, 0.4) is 0 Å². The standard InChI is InChI=1S/C13H23N3O3S/c1-3-12-14-9-13(15-12)20(18,19)16-7-5-4-6-11(16)8-10(2)17/h9-11,17H,3-8H2,1-2H3,(H,14,15). The van der Waals surface area contributed by atoms with Crippen LogP contribution in [0, 0.1) is 0 Å². The van der Waals surface area contributed by atoms with E-state index in [1.165, 1.54) is 10.5 Å². The van der Waals surface area contributed by atoms with Crippen molar-refractivity contribution in [1.29, 1.82) is 0 Å². The summed E-state index contributed by atoms with van der Waals surface area (Å²) in [4.78, 5) is 6.94. The Hall–Kier alpha value is -0.920. The average Bonchev–Trinajstić information content (AvgIpc) is 2.88. The van der Waals surface area contributed by atoms with Gasteiger partial charge in [-0.2, -0.15) is 4.31 Å². The van der Waals surface area contributed by atoms with Crippen LogP contribution in [0.4, 0.5) is 0 Å². The molecule has 0 aromatic carbocycles. The lowest BCUT2D eigenvalue weighted by atomic mass is 10.00. The number of sulfonamides is 1. The van der Waals surface area contributed by atoms with Gasteiger partial charge in [-0.25, -0.2) is 13.4 Å². The summed E-state index contributed by atoms with van der Waals surface area (Å²) >= 11 is 0. The van der Waals surface area contributed by atoms with E-state index in [2.05, 4.69) is 9.97 Å². The van der Waals surface area contributed by atoms with E-state index in [0.29, 0.717) is 25.2 Å². The predicted molar refractivity (Wildman–Crippen MR) is 75.8 cm³/mol. The van der Waals surface area contributed by atoms with E-state index < -0.39 is 16.1 Å². The number of hydrogen-bond donors (Lipinski definition) is 2. The highest BCUT2D eigenvalue weighted by Crippen LogP contribution is 2.27. The number of aryl methyl sites for hydroxylation is 1. The molecule has 2 atom stereocenters. The van der Waals surface area contributed by atoms with Gasteiger partial charge in [-0.15, -0.1) is 0 Å². The molecule has 1 aromatic heterocycles. The molecule has 2 heterocycles. The van der Waals surface area contributed by atoms with Crippen molar-refractivity contribution in [2.24, 2.45) is 0 Å². The minimum absolute atomic E-state index is 0.123. The van der Waals surface area contributed by atoms with Gasteiger partial charge in [-0.05, 0) is 26.2 Å². The lowest BCUT2D eigenvalue weighted by Crippen LogP contribution is -2.45. The Morgan fingerprint density at radius 3 is 2.90 bits per heavy atom. The second-order valence-corrected chi connectivity index (χ2v) is 7.26. The number of hydrogen-bond acceptors (Lipinski definition) is 4. The number of H-pyrrole nitrogens is 1. The first kappa shape index (κ1) is 15.5. The molecule has 1 fully saturated rings. The minimum Gasteiger partial charge on any atom is -0.393 e. The molecular formula is C13H23N3O3S. The molecule has 1 aliphatic heterocycles. The summed E-state index contributed by atoms with van der Waals surface area (Å²) in [6.45, 7) is 4.14. The van der Waals surface area contributed by atoms with E-state index in [9.17, 15) is 13.5 Å². The summed E-state index contributed by atoms with van der Waals surface area (Å²) in [5, 5.41) is 9.72. The maximum atomic E-state index is 12.7. The van der Waals surface area contributed by atoms with Crippen LogP contribution in [0.1, 0.15) is 45.4 Å². The van der Waals surface area contributed by atoms with Crippen molar-refractivity contribution in [3.63, 3.8) is 0 Å². The van der Waals surface area contributed by atoms with E-state index >= 15 is 0 Å². The molecule has 2 unspecified atom stereocenters. The molecule has 1 saturated heterocycles. The molecule has 0 aliphatic carbocycles. The van der Waals surface area contributed by atoms with Gasteiger partial charge >= 0.3 is 0 Å². The normalized spacial score (nSPS) is 22.9. The molecule has 0 bridgehead atoms. The number of nitrogens with one attached hydrogen (secondary N) is 1. The van der Waals surface area contributed by atoms with Gasteiger partial charge in [0.05, 0.1) is 12.3 Å². The van der Waals surface area contributed by atoms with Gasteiger partial charge in [0.25, 0.3) is 10.0 Å². The number of aliphatic hydroxyl groups excluding tert-OH is 1. The SMILES string of the molecule is CCc1ncc(S(=O)(=O)N2CCCCC2CC(C)O)[nH]1. The third-order valence-electron chi connectivity index (χ3n) is 3.71. The number of piperidine rings is 1. The van der Waals surface area contributed by atoms with E-state index in [4.69, 9.17) is 0 Å². The zero-order chi connectivity index (χ0) is 14.8. The van der Waals surface area contributed by atoms with Gasteiger partial charge < -0.3 is 10.1 Å². The molecule has 6 nitrogen and oxygen atoms in total. The Morgan fingerprint density at radius 1 is 1.55 bits per heavy atom. The fourth-order valence-corrected chi connectivity index (χ4v) is 4.34. The molecule has 1 aromatic rings. The molecule has 0 spiro atoms. The van der Waals surface area contributed by atoms with Crippen molar-refractivity contribution < 1.29 is 13.5 Å². The quantitative estimate of drug-likeness (QED) is 0.858. The molecule has 114 valence electrons. The average molecular weight is 301 g/mol. The number of aromatic amines is 1. The fourth-order valence-electron chi connectivity index (χ4n) is 2.70. The van der Waals surface area contributed by atoms with Crippen molar-refractivity contribution in [1.82, 2.24) is 14.3 Å². The van der Waals surface area contributed by atoms with Gasteiger partial charge in [0.2, 0.25) is 0 Å². The second-order valence-electron chi connectivity index (χ2n) is 5.40. The third-order valence-corrected chi connectivity index (χ3v) is 5.57. The minimum atomic E-state index is -3.54. The third kappa shape index (κ3) is 3.21. The van der Waals surface area contributed by atoms with Crippen LogP contribution in [-0.2, 0) is 16.4 Å². The summed E-state index contributed by atoms with van der Waals surface area (Å²) in [7, 11) is -3.54. The molecular weight excluding hydrogens is 278 g/mol. The van der Waals surface area contributed by atoms with Crippen LogP contribution in [-0.4, -0.2) is 46.5 Å². The van der Waals surface area contributed by atoms with Crippen LogP contribution >= 0.6 is 0 Å². The summed E-state index contributed by atoms with van der Waals surface area (Å²) in [6.07, 6.45) is 4.72. The zero-order valence-corrected chi connectivity index (χ0v) is 12.9. The van der Waals surface area contributed by atoms with Gasteiger partial charge in [0.15, 0.2) is 5.03 Å².